The van der Waals surface area contributed by atoms with Crippen LogP contribution in [0, 0.1) is 0 Å². The van der Waals surface area contributed by atoms with Gasteiger partial charge in [0.1, 0.15) is 0 Å². The van der Waals surface area contributed by atoms with E-state index in [2.05, 4.69) is 27.8 Å². The quantitative estimate of drug-likeness (QED) is 0.835. The van der Waals surface area contributed by atoms with E-state index in [4.69, 9.17) is 34.8 Å². The van der Waals surface area contributed by atoms with E-state index in [9.17, 15) is 0 Å². The summed E-state index contributed by atoms with van der Waals surface area (Å²) in [6.45, 7) is 3.99. The Morgan fingerprint density at radius 3 is 2.29 bits per heavy atom. The normalized spacial score (nSPS) is 10.0. The molecule has 0 unspecified atom stereocenters. The zero-order chi connectivity index (χ0) is 10.7. The van der Waals surface area contributed by atoms with Crippen LogP contribution in [-0.2, 0) is 0 Å². The lowest BCUT2D eigenvalue weighted by Gasteiger charge is -2.09. The second-order valence-electron chi connectivity index (χ2n) is 2.62. The highest BCUT2D eigenvalue weighted by Crippen LogP contribution is 2.33. The van der Waals surface area contributed by atoms with Crippen molar-refractivity contribution in [2.45, 2.75) is 0 Å². The predicted octanol–water partition coefficient (Wildman–Crippen LogP) is 4.92. The van der Waals surface area contributed by atoms with Gasteiger partial charge in [-0.15, -0.1) is 0 Å². The predicted molar refractivity (Wildman–Crippen MR) is 67.6 cm³/mol. The third kappa shape index (κ3) is 3.35. The van der Waals surface area contributed by atoms with Gasteiger partial charge in [0.05, 0.1) is 22.3 Å². The summed E-state index contributed by atoms with van der Waals surface area (Å²) in [5.74, 6) is 0. The van der Waals surface area contributed by atoms with Crippen LogP contribution in [0.25, 0.3) is 0 Å². The fraction of sp³-hybridized carbons (Fsp3) is 0.111. The van der Waals surface area contributed by atoms with Crippen molar-refractivity contribution in [2.24, 2.45) is 0 Å². The van der Waals surface area contributed by atoms with Crippen LogP contribution >= 0.6 is 50.7 Å². The highest BCUT2D eigenvalue weighted by atomic mass is 79.9. The van der Waals surface area contributed by atoms with Crippen molar-refractivity contribution in [3.8, 4) is 0 Å². The summed E-state index contributed by atoms with van der Waals surface area (Å²) in [6.07, 6.45) is 0. The van der Waals surface area contributed by atoms with Crippen molar-refractivity contribution in [3.05, 3.63) is 38.3 Å². The van der Waals surface area contributed by atoms with Crippen molar-refractivity contribution < 1.29 is 0 Å². The summed E-state index contributed by atoms with van der Waals surface area (Å²) >= 11 is 20.8. The van der Waals surface area contributed by atoms with E-state index in [0.717, 1.165) is 4.47 Å². The van der Waals surface area contributed by atoms with Crippen LogP contribution in [0.15, 0.2) is 28.2 Å². The van der Waals surface area contributed by atoms with Gasteiger partial charge in [0.15, 0.2) is 0 Å². The lowest BCUT2D eigenvalue weighted by Crippen LogP contribution is -2.01. The largest absolute Gasteiger partial charge is 0.378 e. The summed E-state index contributed by atoms with van der Waals surface area (Å²) in [5, 5.41) is 4.58. The Morgan fingerprint density at radius 2 is 1.86 bits per heavy atom. The summed E-state index contributed by atoms with van der Waals surface area (Å²) in [4.78, 5) is 0. The van der Waals surface area contributed by atoms with Gasteiger partial charge in [-0.25, -0.2) is 0 Å². The summed E-state index contributed by atoms with van der Waals surface area (Å²) in [5.41, 5.74) is 0.665. The molecule has 5 heteroatoms. The molecule has 1 rings (SSSR count). The molecule has 76 valence electrons. The first kappa shape index (κ1) is 12.2. The number of hydrogen-bond acceptors (Lipinski definition) is 1. The second kappa shape index (κ2) is 5.26. The van der Waals surface area contributed by atoms with E-state index >= 15 is 0 Å². The lowest BCUT2D eigenvalue weighted by molar-refractivity contribution is 1.31. The van der Waals surface area contributed by atoms with E-state index in [0.29, 0.717) is 27.3 Å². The maximum atomic E-state index is 5.97. The molecule has 0 amide bonds. The number of anilines is 1. The number of halogens is 4. The summed E-state index contributed by atoms with van der Waals surface area (Å²) in [6, 6.07) is 3.51. The molecule has 0 atom stereocenters. The van der Waals surface area contributed by atoms with Crippen molar-refractivity contribution in [3.63, 3.8) is 0 Å². The minimum absolute atomic E-state index is 0.433. The molecule has 0 aliphatic rings. The molecule has 1 nitrogen and oxygen atoms in total. The van der Waals surface area contributed by atoms with Crippen molar-refractivity contribution in [2.75, 3.05) is 11.9 Å². The molecule has 0 saturated carbocycles. The van der Waals surface area contributed by atoms with E-state index in [1.165, 1.54) is 0 Å². The Morgan fingerprint density at radius 1 is 1.36 bits per heavy atom. The van der Waals surface area contributed by atoms with Crippen molar-refractivity contribution in [1.29, 1.82) is 0 Å². The highest BCUT2D eigenvalue weighted by Gasteiger charge is 2.06. The smallest absolute Gasteiger partial charge is 0.0722 e. The molecule has 1 N–H and O–H groups in total. The van der Waals surface area contributed by atoms with Crippen molar-refractivity contribution >= 4 is 56.4 Å². The zero-order valence-electron chi connectivity index (χ0n) is 7.08. The minimum atomic E-state index is 0.433. The SMILES string of the molecule is C=C(Cl)CNc1c(Cl)cc(Br)cc1Cl. The molecule has 0 radical (unpaired) electrons. The first-order chi connectivity index (χ1) is 6.50. The highest BCUT2D eigenvalue weighted by molar-refractivity contribution is 9.10. The van der Waals surface area contributed by atoms with Crippen LogP contribution < -0.4 is 5.32 Å². The number of rotatable bonds is 3. The third-order valence-corrected chi connectivity index (χ3v) is 2.65. The van der Waals surface area contributed by atoms with Gasteiger partial charge in [0.25, 0.3) is 0 Å². The molecule has 0 spiro atoms. The number of nitrogens with one attached hydrogen (secondary N) is 1. The lowest BCUT2D eigenvalue weighted by atomic mass is 10.3. The maximum Gasteiger partial charge on any atom is 0.0722 e. The summed E-state index contributed by atoms with van der Waals surface area (Å²) < 4.78 is 0.836. The van der Waals surface area contributed by atoms with Crippen LogP contribution in [0.4, 0.5) is 5.69 Å². The average Bonchev–Trinajstić information content (AvgIpc) is 2.01. The minimum Gasteiger partial charge on any atom is -0.378 e. The fourth-order valence-corrected chi connectivity index (χ4v) is 2.30. The van der Waals surface area contributed by atoms with Gasteiger partial charge >= 0.3 is 0 Å². The zero-order valence-corrected chi connectivity index (χ0v) is 10.9. The Balaban J connectivity index is 2.91. The van der Waals surface area contributed by atoms with Gasteiger partial charge in [-0.3, -0.25) is 0 Å². The topological polar surface area (TPSA) is 12.0 Å². The first-order valence-corrected chi connectivity index (χ1v) is 5.65. The van der Waals surface area contributed by atoms with E-state index < -0.39 is 0 Å². The van der Waals surface area contributed by atoms with Crippen LogP contribution in [0.5, 0.6) is 0 Å². The molecule has 0 aliphatic heterocycles. The van der Waals surface area contributed by atoms with Crippen LogP contribution in [0.2, 0.25) is 10.0 Å². The Labute approximate surface area is 106 Å². The molecule has 0 aliphatic carbocycles. The third-order valence-electron chi connectivity index (χ3n) is 1.46. The number of hydrogen-bond donors (Lipinski definition) is 1. The molecule has 0 bridgehead atoms. The number of benzene rings is 1. The molecule has 14 heavy (non-hydrogen) atoms. The van der Waals surface area contributed by atoms with Crippen LogP contribution in [-0.4, -0.2) is 6.54 Å². The Hall–Kier alpha value is 0.110. The standard InChI is InChI=1S/C9H7BrCl3N/c1-5(11)4-14-9-7(12)2-6(10)3-8(9)13/h2-3,14H,1,4H2. The van der Waals surface area contributed by atoms with E-state index in [-0.39, 0.29) is 0 Å². The fourth-order valence-electron chi connectivity index (χ4n) is 0.895. The molecule has 0 heterocycles. The van der Waals surface area contributed by atoms with Gasteiger partial charge in [-0.1, -0.05) is 57.3 Å². The molecule has 0 fully saturated rings. The van der Waals surface area contributed by atoms with Gasteiger partial charge in [0.2, 0.25) is 0 Å². The Kier molecular flexibility index (Phi) is 4.58. The Bertz CT molecular complexity index is 342. The summed E-state index contributed by atoms with van der Waals surface area (Å²) in [7, 11) is 0. The first-order valence-electron chi connectivity index (χ1n) is 3.72. The van der Waals surface area contributed by atoms with Gasteiger partial charge < -0.3 is 5.32 Å². The molecule has 0 aromatic heterocycles. The van der Waals surface area contributed by atoms with Crippen molar-refractivity contribution in [1.82, 2.24) is 0 Å². The molecular formula is C9H7BrCl3N. The average molecular weight is 315 g/mol. The van der Waals surface area contributed by atoms with Gasteiger partial charge in [0, 0.05) is 9.51 Å². The van der Waals surface area contributed by atoms with Gasteiger partial charge in [-0.2, -0.15) is 0 Å². The van der Waals surface area contributed by atoms with E-state index in [1.807, 2.05) is 0 Å². The van der Waals surface area contributed by atoms with Crippen LogP contribution in [0.3, 0.4) is 0 Å². The van der Waals surface area contributed by atoms with Gasteiger partial charge in [-0.05, 0) is 12.1 Å². The van der Waals surface area contributed by atoms with Crippen LogP contribution in [0.1, 0.15) is 0 Å². The second-order valence-corrected chi connectivity index (χ2v) is 4.88. The molecular weight excluding hydrogens is 308 g/mol. The molecule has 1 aromatic rings. The molecule has 1 aromatic carbocycles. The van der Waals surface area contributed by atoms with E-state index in [1.54, 1.807) is 12.1 Å². The molecule has 0 saturated heterocycles. The monoisotopic (exact) mass is 313 g/mol. The maximum absolute atomic E-state index is 5.97.